The second-order valence-corrected chi connectivity index (χ2v) is 4.35. The third-order valence-electron chi connectivity index (χ3n) is 3.66. The van der Waals surface area contributed by atoms with Crippen molar-refractivity contribution in [2.75, 3.05) is 0 Å². The number of aliphatic hydroxyl groups excluding tert-OH is 1. The summed E-state index contributed by atoms with van der Waals surface area (Å²) in [7, 11) is 0. The molecular formula is C9H16O. The quantitative estimate of drug-likeness (QED) is 0.544. The molecule has 2 aliphatic carbocycles. The highest BCUT2D eigenvalue weighted by molar-refractivity contribution is 5.12. The first-order valence-corrected chi connectivity index (χ1v) is 4.34. The van der Waals surface area contributed by atoms with Crippen LogP contribution in [0, 0.1) is 17.3 Å². The van der Waals surface area contributed by atoms with Gasteiger partial charge in [0, 0.05) is 0 Å². The van der Waals surface area contributed by atoms with Crippen molar-refractivity contribution < 1.29 is 5.11 Å². The van der Waals surface area contributed by atoms with E-state index in [1.165, 1.54) is 19.3 Å². The van der Waals surface area contributed by atoms with Gasteiger partial charge in [0.1, 0.15) is 0 Å². The van der Waals surface area contributed by atoms with Gasteiger partial charge in [0.05, 0.1) is 6.10 Å². The summed E-state index contributed by atoms with van der Waals surface area (Å²) in [5, 5.41) is 9.56. The Balaban J connectivity index is 2.13. The molecule has 0 unspecified atom stereocenters. The smallest absolute Gasteiger partial charge is 0.0634 e. The van der Waals surface area contributed by atoms with Gasteiger partial charge in [-0.2, -0.15) is 0 Å². The van der Waals surface area contributed by atoms with Crippen LogP contribution in [0.4, 0.5) is 0 Å². The van der Waals surface area contributed by atoms with Crippen LogP contribution >= 0.6 is 0 Å². The molecule has 0 bridgehead atoms. The standard InChI is InChI=1S/C9H16O/c1-6-4-3-5-9(2)7(6)8(9)10/h6-8,10H,3-5H2,1-2H3/t6-,7+,8-,9+/m0/s1. The van der Waals surface area contributed by atoms with E-state index in [0.717, 1.165) is 5.92 Å². The van der Waals surface area contributed by atoms with E-state index >= 15 is 0 Å². The van der Waals surface area contributed by atoms with E-state index in [-0.39, 0.29) is 6.10 Å². The van der Waals surface area contributed by atoms with Crippen LogP contribution in [0.1, 0.15) is 33.1 Å². The first-order chi connectivity index (χ1) is 4.66. The summed E-state index contributed by atoms with van der Waals surface area (Å²) in [4.78, 5) is 0. The largest absolute Gasteiger partial charge is 0.392 e. The minimum absolute atomic E-state index is 0.0324. The fraction of sp³-hybridized carbons (Fsp3) is 1.00. The number of hydrogen-bond acceptors (Lipinski definition) is 1. The van der Waals surface area contributed by atoms with Crippen molar-refractivity contribution in [2.24, 2.45) is 17.3 Å². The Morgan fingerprint density at radius 2 is 2.20 bits per heavy atom. The van der Waals surface area contributed by atoms with Gasteiger partial charge >= 0.3 is 0 Å². The molecule has 0 spiro atoms. The lowest BCUT2D eigenvalue weighted by molar-refractivity contribution is 0.221. The third kappa shape index (κ3) is 0.619. The van der Waals surface area contributed by atoms with Gasteiger partial charge in [-0.25, -0.2) is 0 Å². The summed E-state index contributed by atoms with van der Waals surface area (Å²) in [5.41, 5.74) is 0.331. The summed E-state index contributed by atoms with van der Waals surface area (Å²) in [6.07, 6.45) is 3.94. The summed E-state index contributed by atoms with van der Waals surface area (Å²) in [6, 6.07) is 0. The zero-order valence-electron chi connectivity index (χ0n) is 6.80. The minimum atomic E-state index is 0.0324. The molecule has 2 fully saturated rings. The molecule has 0 radical (unpaired) electrons. The van der Waals surface area contributed by atoms with E-state index in [1.54, 1.807) is 0 Å². The van der Waals surface area contributed by atoms with Gasteiger partial charge in [-0.1, -0.05) is 26.7 Å². The van der Waals surface area contributed by atoms with E-state index in [1.807, 2.05) is 0 Å². The van der Waals surface area contributed by atoms with Crippen LogP contribution in [0.25, 0.3) is 0 Å². The van der Waals surface area contributed by atoms with Crippen molar-refractivity contribution >= 4 is 0 Å². The molecule has 0 amide bonds. The maximum Gasteiger partial charge on any atom is 0.0634 e. The third-order valence-corrected chi connectivity index (χ3v) is 3.66. The second-order valence-electron chi connectivity index (χ2n) is 4.35. The highest BCUT2D eigenvalue weighted by atomic mass is 16.3. The van der Waals surface area contributed by atoms with Crippen LogP contribution in [-0.2, 0) is 0 Å². The Bertz CT molecular complexity index is 151. The Morgan fingerprint density at radius 3 is 2.70 bits per heavy atom. The van der Waals surface area contributed by atoms with Crippen molar-refractivity contribution in [3.05, 3.63) is 0 Å². The summed E-state index contributed by atoms with van der Waals surface area (Å²) < 4.78 is 0. The fourth-order valence-corrected chi connectivity index (χ4v) is 2.84. The van der Waals surface area contributed by atoms with Crippen molar-refractivity contribution in [3.8, 4) is 0 Å². The fourth-order valence-electron chi connectivity index (χ4n) is 2.84. The van der Waals surface area contributed by atoms with E-state index in [2.05, 4.69) is 13.8 Å². The molecular weight excluding hydrogens is 124 g/mol. The van der Waals surface area contributed by atoms with Crippen molar-refractivity contribution in [1.82, 2.24) is 0 Å². The number of hydrogen-bond donors (Lipinski definition) is 1. The SMILES string of the molecule is C[C@H]1CCC[C@]2(C)[C@H]1[C@@H]2O. The zero-order valence-corrected chi connectivity index (χ0v) is 6.80. The summed E-state index contributed by atoms with van der Waals surface area (Å²) in [6.45, 7) is 4.51. The topological polar surface area (TPSA) is 20.2 Å². The molecule has 4 atom stereocenters. The van der Waals surface area contributed by atoms with Gasteiger partial charge in [-0.15, -0.1) is 0 Å². The molecule has 58 valence electrons. The van der Waals surface area contributed by atoms with Crippen LogP contribution in [0.2, 0.25) is 0 Å². The lowest BCUT2D eigenvalue weighted by Crippen LogP contribution is -2.12. The molecule has 0 aliphatic heterocycles. The van der Waals surface area contributed by atoms with Gasteiger partial charge < -0.3 is 5.11 Å². The monoisotopic (exact) mass is 140 g/mol. The summed E-state index contributed by atoms with van der Waals surface area (Å²) >= 11 is 0. The first kappa shape index (κ1) is 6.66. The van der Waals surface area contributed by atoms with Crippen molar-refractivity contribution in [1.29, 1.82) is 0 Å². The zero-order chi connectivity index (χ0) is 7.35. The van der Waals surface area contributed by atoms with Gasteiger partial charge in [0.2, 0.25) is 0 Å². The lowest BCUT2D eigenvalue weighted by atomic mass is 9.84. The van der Waals surface area contributed by atoms with E-state index in [0.29, 0.717) is 11.3 Å². The second kappa shape index (κ2) is 1.76. The van der Waals surface area contributed by atoms with Crippen molar-refractivity contribution in [2.45, 2.75) is 39.2 Å². The Labute approximate surface area is 62.4 Å². The Kier molecular flexibility index (Phi) is 1.17. The maximum atomic E-state index is 9.56. The lowest BCUT2D eigenvalue weighted by Gasteiger charge is -2.21. The molecule has 0 saturated heterocycles. The first-order valence-electron chi connectivity index (χ1n) is 4.34. The predicted octanol–water partition coefficient (Wildman–Crippen LogP) is 1.80. The molecule has 10 heavy (non-hydrogen) atoms. The summed E-state index contributed by atoms with van der Waals surface area (Å²) in [5.74, 6) is 1.41. The number of rotatable bonds is 0. The van der Waals surface area contributed by atoms with Crippen molar-refractivity contribution in [3.63, 3.8) is 0 Å². The van der Waals surface area contributed by atoms with E-state index in [4.69, 9.17) is 0 Å². The van der Waals surface area contributed by atoms with Gasteiger partial charge in [0.25, 0.3) is 0 Å². The van der Waals surface area contributed by atoms with E-state index in [9.17, 15) is 5.11 Å². The Hall–Kier alpha value is -0.0400. The Morgan fingerprint density at radius 1 is 1.50 bits per heavy atom. The number of aliphatic hydroxyl groups is 1. The maximum absolute atomic E-state index is 9.56. The highest BCUT2D eigenvalue weighted by Crippen LogP contribution is 2.62. The number of fused-ring (bicyclic) bond motifs is 1. The highest BCUT2D eigenvalue weighted by Gasteiger charge is 2.63. The average molecular weight is 140 g/mol. The van der Waals surface area contributed by atoms with Crippen LogP contribution in [0.3, 0.4) is 0 Å². The normalized spacial score (nSPS) is 59.7. The molecule has 0 aromatic carbocycles. The van der Waals surface area contributed by atoms with Crippen LogP contribution in [0.15, 0.2) is 0 Å². The van der Waals surface area contributed by atoms with Crippen LogP contribution in [0.5, 0.6) is 0 Å². The molecule has 1 nitrogen and oxygen atoms in total. The van der Waals surface area contributed by atoms with Gasteiger partial charge in [0.15, 0.2) is 0 Å². The molecule has 2 saturated carbocycles. The minimum Gasteiger partial charge on any atom is -0.392 e. The average Bonchev–Trinajstić information content (AvgIpc) is 2.38. The van der Waals surface area contributed by atoms with Gasteiger partial charge in [-0.05, 0) is 23.7 Å². The van der Waals surface area contributed by atoms with Crippen LogP contribution < -0.4 is 0 Å². The predicted molar refractivity (Wildman–Crippen MR) is 40.6 cm³/mol. The van der Waals surface area contributed by atoms with Gasteiger partial charge in [-0.3, -0.25) is 0 Å². The van der Waals surface area contributed by atoms with Crippen LogP contribution in [-0.4, -0.2) is 11.2 Å². The molecule has 0 heterocycles. The van der Waals surface area contributed by atoms with E-state index < -0.39 is 0 Å². The molecule has 0 aromatic rings. The molecule has 2 rings (SSSR count). The molecule has 0 aromatic heterocycles. The molecule has 2 aliphatic rings. The molecule has 1 heteroatoms. The molecule has 1 N–H and O–H groups in total.